The van der Waals surface area contributed by atoms with E-state index in [-0.39, 0.29) is 0 Å². The highest BCUT2D eigenvalue weighted by Gasteiger charge is 2.22. The molecule has 3 heteroatoms. The lowest BCUT2D eigenvalue weighted by Gasteiger charge is -1.88. The second kappa shape index (κ2) is 1.50. The molecule has 3 nitrogen and oxygen atoms in total. The predicted octanol–water partition coefficient (Wildman–Crippen LogP) is -0.706. The van der Waals surface area contributed by atoms with Crippen molar-refractivity contribution >= 4 is 5.97 Å². The number of rotatable bonds is 0. The second-order valence-corrected chi connectivity index (χ2v) is 1.47. The predicted molar refractivity (Wildman–Crippen MR) is 21.6 cm³/mol. The van der Waals surface area contributed by atoms with Crippen molar-refractivity contribution in [1.82, 2.24) is 0 Å². The molecule has 1 rings (SSSR count). The maximum atomic E-state index is 10.1. The smallest absolute Gasteiger partial charge is 0.335 e. The number of aliphatic hydroxyl groups excluding tert-OH is 1. The Morgan fingerprint density at radius 3 is 2.71 bits per heavy atom. The Balaban J connectivity index is 2.48. The molecule has 0 aromatic heterocycles. The highest BCUT2D eigenvalue weighted by molar-refractivity contribution is 5.75. The van der Waals surface area contributed by atoms with Gasteiger partial charge in [0.1, 0.15) is 0 Å². The third-order valence-corrected chi connectivity index (χ3v) is 0.908. The molecule has 0 spiro atoms. The molecule has 1 fully saturated rings. The van der Waals surface area contributed by atoms with Gasteiger partial charge in [-0.05, 0) is 0 Å². The number of hydrogen-bond acceptors (Lipinski definition) is 3. The molecular weight excluding hydrogens is 96.0 g/mol. The van der Waals surface area contributed by atoms with Gasteiger partial charge in [-0.3, -0.25) is 0 Å². The van der Waals surface area contributed by atoms with Crippen LogP contribution in [-0.4, -0.2) is 23.8 Å². The van der Waals surface area contributed by atoms with Crippen LogP contribution in [0.3, 0.4) is 0 Å². The van der Waals surface area contributed by atoms with Crippen molar-refractivity contribution in [3.8, 4) is 0 Å². The summed E-state index contributed by atoms with van der Waals surface area (Å²) in [5, 5.41) is 8.52. The molecule has 0 unspecified atom stereocenters. The fourth-order valence-electron chi connectivity index (χ4n) is 0.485. The molecule has 1 aliphatic heterocycles. The highest BCUT2D eigenvalue weighted by atomic mass is 16.6. The first-order valence-corrected chi connectivity index (χ1v) is 2.15. The summed E-state index contributed by atoms with van der Waals surface area (Å²) in [6, 6.07) is 0. The Hall–Kier alpha value is -0.570. The lowest BCUT2D eigenvalue weighted by atomic mass is 10.3. The number of ether oxygens (including phenoxy) is 1. The fourth-order valence-corrected chi connectivity index (χ4v) is 0.485. The summed E-state index contributed by atoms with van der Waals surface area (Å²) in [6.45, 7) is 0.375. The topological polar surface area (TPSA) is 46.5 Å². The maximum absolute atomic E-state index is 10.1. The summed E-state index contributed by atoms with van der Waals surface area (Å²) >= 11 is 0. The van der Waals surface area contributed by atoms with Gasteiger partial charge in [0.2, 0.25) is 0 Å². The minimum Gasteiger partial charge on any atom is -0.464 e. The average molecular weight is 102 g/mol. The molecule has 0 aromatic rings. The summed E-state index contributed by atoms with van der Waals surface area (Å²) in [5.74, 6) is -0.486. The number of aliphatic hydroxyl groups is 1. The van der Waals surface area contributed by atoms with Crippen molar-refractivity contribution in [3.63, 3.8) is 0 Å². The summed E-state index contributed by atoms with van der Waals surface area (Å²) < 4.78 is 4.38. The Labute approximate surface area is 40.9 Å². The molecular formula is C4H6O3. The Morgan fingerprint density at radius 2 is 2.57 bits per heavy atom. The maximum Gasteiger partial charge on any atom is 0.335 e. The lowest BCUT2D eigenvalue weighted by Crippen LogP contribution is -2.11. The first-order chi connectivity index (χ1) is 3.30. The van der Waals surface area contributed by atoms with E-state index in [1.807, 2.05) is 0 Å². The van der Waals surface area contributed by atoms with Crippen molar-refractivity contribution in [2.75, 3.05) is 6.61 Å². The van der Waals surface area contributed by atoms with Crippen LogP contribution in [0.15, 0.2) is 0 Å². The van der Waals surface area contributed by atoms with Crippen molar-refractivity contribution in [1.29, 1.82) is 0 Å². The van der Waals surface area contributed by atoms with Gasteiger partial charge in [0.15, 0.2) is 6.10 Å². The number of carbonyl (C=O) groups is 1. The first-order valence-electron chi connectivity index (χ1n) is 2.15. The van der Waals surface area contributed by atoms with Gasteiger partial charge in [-0.15, -0.1) is 0 Å². The van der Waals surface area contributed by atoms with Crippen molar-refractivity contribution in [3.05, 3.63) is 0 Å². The van der Waals surface area contributed by atoms with Crippen LogP contribution in [0.4, 0.5) is 0 Å². The summed E-state index contributed by atoms with van der Waals surface area (Å²) in [6.07, 6.45) is -0.390. The van der Waals surface area contributed by atoms with Crippen LogP contribution in [0.5, 0.6) is 0 Å². The largest absolute Gasteiger partial charge is 0.464 e. The van der Waals surface area contributed by atoms with Crippen LogP contribution >= 0.6 is 0 Å². The van der Waals surface area contributed by atoms with E-state index in [0.29, 0.717) is 13.0 Å². The molecule has 1 heterocycles. The Morgan fingerprint density at radius 1 is 1.86 bits per heavy atom. The van der Waals surface area contributed by atoms with Gasteiger partial charge in [-0.25, -0.2) is 4.79 Å². The number of hydrogen-bond donors (Lipinski definition) is 1. The van der Waals surface area contributed by atoms with Crippen LogP contribution in [0.1, 0.15) is 6.42 Å². The van der Waals surface area contributed by atoms with Crippen LogP contribution in [0, 0.1) is 0 Å². The van der Waals surface area contributed by atoms with Crippen molar-refractivity contribution in [2.45, 2.75) is 12.5 Å². The lowest BCUT2D eigenvalue weighted by molar-refractivity contribution is -0.144. The van der Waals surface area contributed by atoms with Gasteiger partial charge in [-0.2, -0.15) is 0 Å². The molecule has 7 heavy (non-hydrogen) atoms. The van der Waals surface area contributed by atoms with E-state index < -0.39 is 12.1 Å². The molecule has 1 N–H and O–H groups in total. The van der Waals surface area contributed by atoms with E-state index in [0.717, 1.165) is 0 Å². The number of esters is 1. The first kappa shape index (κ1) is 4.59. The zero-order chi connectivity index (χ0) is 5.28. The molecule has 40 valence electrons. The zero-order valence-corrected chi connectivity index (χ0v) is 3.76. The molecule has 1 atom stereocenters. The van der Waals surface area contributed by atoms with Crippen LogP contribution in [-0.2, 0) is 9.53 Å². The number of cyclic esters (lactones) is 1. The van der Waals surface area contributed by atoms with E-state index in [1.165, 1.54) is 0 Å². The van der Waals surface area contributed by atoms with Crippen LogP contribution in [0.25, 0.3) is 0 Å². The fraction of sp³-hybridized carbons (Fsp3) is 0.750. The molecule has 0 aliphatic carbocycles. The van der Waals surface area contributed by atoms with Crippen molar-refractivity contribution < 1.29 is 14.6 Å². The molecule has 0 radical (unpaired) electrons. The summed E-state index contributed by atoms with van der Waals surface area (Å²) in [4.78, 5) is 10.1. The highest BCUT2D eigenvalue weighted by Crippen LogP contribution is 2.03. The minimum atomic E-state index is -0.847. The van der Waals surface area contributed by atoms with E-state index in [9.17, 15) is 4.79 Å². The Kier molecular flexibility index (Phi) is 0.982. The molecule has 0 amide bonds. The van der Waals surface area contributed by atoms with Crippen LogP contribution < -0.4 is 0 Å². The number of carbonyl (C=O) groups excluding carboxylic acids is 1. The van der Waals surface area contributed by atoms with Gasteiger partial charge >= 0.3 is 5.97 Å². The van der Waals surface area contributed by atoms with E-state index >= 15 is 0 Å². The third kappa shape index (κ3) is 0.718. The van der Waals surface area contributed by atoms with Crippen molar-refractivity contribution in [2.24, 2.45) is 0 Å². The standard InChI is InChI=1S/C4H6O3/c5-3-1-2-7-4(3)6/h3,5H,1-2H2/t3-/m0/s1. The quantitative estimate of drug-likeness (QED) is 0.411. The molecule has 0 bridgehead atoms. The molecule has 1 aliphatic rings. The summed E-state index contributed by atoms with van der Waals surface area (Å²) in [5.41, 5.74) is 0. The van der Waals surface area contributed by atoms with Gasteiger partial charge in [0.05, 0.1) is 6.61 Å². The van der Waals surface area contributed by atoms with Gasteiger partial charge in [0, 0.05) is 6.42 Å². The zero-order valence-electron chi connectivity index (χ0n) is 3.76. The normalized spacial score (nSPS) is 30.4. The van der Waals surface area contributed by atoms with Gasteiger partial charge in [0.25, 0.3) is 0 Å². The molecule has 0 aromatic carbocycles. The monoisotopic (exact) mass is 102 g/mol. The molecule has 1 saturated heterocycles. The minimum absolute atomic E-state index is 0.375. The van der Waals surface area contributed by atoms with Crippen LogP contribution in [0.2, 0.25) is 0 Å². The third-order valence-electron chi connectivity index (χ3n) is 0.908. The van der Waals surface area contributed by atoms with E-state index in [2.05, 4.69) is 4.74 Å². The van der Waals surface area contributed by atoms with Gasteiger partial charge in [-0.1, -0.05) is 0 Å². The molecule has 0 saturated carbocycles. The second-order valence-electron chi connectivity index (χ2n) is 1.47. The van der Waals surface area contributed by atoms with E-state index in [4.69, 9.17) is 5.11 Å². The average Bonchev–Trinajstić information content (AvgIpc) is 1.91. The Bertz CT molecular complexity index is 88.9. The van der Waals surface area contributed by atoms with Gasteiger partial charge < -0.3 is 9.84 Å². The SMILES string of the molecule is O=C1OCC[C@@H]1O. The van der Waals surface area contributed by atoms with E-state index in [1.54, 1.807) is 0 Å². The summed E-state index contributed by atoms with van der Waals surface area (Å²) in [7, 11) is 0.